The van der Waals surface area contributed by atoms with Gasteiger partial charge in [-0.3, -0.25) is 0 Å². The van der Waals surface area contributed by atoms with Gasteiger partial charge in [0.25, 0.3) is 0 Å². The first-order chi connectivity index (χ1) is 9.22. The number of carbonyl (C=O) groups excluding carboxylic acids is 3. The number of hydrogen-bond donors (Lipinski definition) is 3. The SMILES string of the molecule is N=C=O.O=C=NCCCC[C@@H]1SC[C@@H]2NC(=O)N[C@@H]21. The largest absolute Gasteiger partial charge is 0.332 e. The Morgan fingerprint density at radius 1 is 1.37 bits per heavy atom. The molecule has 7 nitrogen and oxygen atoms in total. The summed E-state index contributed by atoms with van der Waals surface area (Å²) in [6, 6.07) is 0.549. The zero-order chi connectivity index (χ0) is 14.1. The molecule has 3 atom stereocenters. The summed E-state index contributed by atoms with van der Waals surface area (Å²) in [6.07, 6.45) is 5.33. The van der Waals surface area contributed by atoms with Gasteiger partial charge in [0.05, 0.1) is 18.6 Å². The van der Waals surface area contributed by atoms with Gasteiger partial charge in [-0.1, -0.05) is 6.42 Å². The molecule has 2 amide bonds. The van der Waals surface area contributed by atoms with E-state index in [0.717, 1.165) is 31.1 Å². The Hall–Kier alpha value is -1.62. The van der Waals surface area contributed by atoms with Gasteiger partial charge in [-0.15, -0.1) is 0 Å². The van der Waals surface area contributed by atoms with E-state index in [4.69, 9.17) is 10.2 Å². The molecule has 0 aliphatic carbocycles. The van der Waals surface area contributed by atoms with Gasteiger partial charge in [0, 0.05) is 11.0 Å². The summed E-state index contributed by atoms with van der Waals surface area (Å²) in [5.74, 6) is 1.00. The minimum absolute atomic E-state index is 0.0362. The summed E-state index contributed by atoms with van der Waals surface area (Å²) < 4.78 is 0. The molecule has 2 heterocycles. The molecule has 2 aliphatic heterocycles. The van der Waals surface area contributed by atoms with Gasteiger partial charge in [0.2, 0.25) is 12.2 Å². The van der Waals surface area contributed by atoms with Crippen LogP contribution in [0.5, 0.6) is 0 Å². The first-order valence-electron chi connectivity index (χ1n) is 5.99. The van der Waals surface area contributed by atoms with Gasteiger partial charge in [-0.2, -0.15) is 11.8 Å². The number of carbonyl (C=O) groups is 1. The number of nitrogens with one attached hydrogen (secondary N) is 3. The van der Waals surface area contributed by atoms with Crippen LogP contribution in [0.25, 0.3) is 0 Å². The summed E-state index contributed by atoms with van der Waals surface area (Å²) in [6.45, 7) is 0.569. The van der Waals surface area contributed by atoms with Crippen LogP contribution in [0.2, 0.25) is 0 Å². The highest BCUT2D eigenvalue weighted by molar-refractivity contribution is 8.00. The molecular weight excluding hydrogens is 268 g/mol. The van der Waals surface area contributed by atoms with Gasteiger partial charge < -0.3 is 10.6 Å². The van der Waals surface area contributed by atoms with Gasteiger partial charge >= 0.3 is 6.03 Å². The molecule has 2 rings (SSSR count). The van der Waals surface area contributed by atoms with Crippen molar-refractivity contribution in [1.29, 1.82) is 5.41 Å². The van der Waals surface area contributed by atoms with Crippen LogP contribution in [0.15, 0.2) is 4.99 Å². The third-order valence-electron chi connectivity index (χ3n) is 3.01. The first-order valence-corrected chi connectivity index (χ1v) is 7.04. The lowest BCUT2D eigenvalue weighted by Crippen LogP contribution is -2.36. The van der Waals surface area contributed by atoms with E-state index in [1.165, 1.54) is 0 Å². The van der Waals surface area contributed by atoms with Crippen molar-refractivity contribution < 1.29 is 14.4 Å². The molecule has 0 saturated carbocycles. The van der Waals surface area contributed by atoms with E-state index in [1.807, 2.05) is 11.8 Å². The first kappa shape index (κ1) is 15.4. The summed E-state index contributed by atoms with van der Waals surface area (Å²) in [5, 5.41) is 11.8. The Kier molecular flexibility index (Phi) is 6.89. The van der Waals surface area contributed by atoms with Gasteiger partial charge in [0.15, 0.2) is 0 Å². The molecule has 2 aliphatic rings. The molecule has 104 valence electrons. The molecule has 3 N–H and O–H groups in total. The molecule has 0 aromatic carbocycles. The highest BCUT2D eigenvalue weighted by atomic mass is 32.2. The van der Waals surface area contributed by atoms with Crippen LogP contribution < -0.4 is 10.6 Å². The van der Waals surface area contributed by atoms with E-state index in [1.54, 1.807) is 6.08 Å². The molecule has 19 heavy (non-hydrogen) atoms. The van der Waals surface area contributed by atoms with E-state index in [0.29, 0.717) is 17.8 Å². The van der Waals surface area contributed by atoms with Crippen LogP contribution >= 0.6 is 11.8 Å². The van der Waals surface area contributed by atoms with Crippen molar-refractivity contribution in [3.05, 3.63) is 0 Å². The average molecular weight is 284 g/mol. The fourth-order valence-corrected chi connectivity index (χ4v) is 3.77. The highest BCUT2D eigenvalue weighted by Crippen LogP contribution is 2.32. The van der Waals surface area contributed by atoms with Gasteiger partial charge in [-0.25, -0.2) is 24.8 Å². The second kappa shape index (κ2) is 8.48. The normalized spacial score (nSPS) is 26.9. The van der Waals surface area contributed by atoms with E-state index < -0.39 is 0 Å². The van der Waals surface area contributed by atoms with E-state index in [9.17, 15) is 9.59 Å². The van der Waals surface area contributed by atoms with Crippen molar-refractivity contribution in [3.63, 3.8) is 0 Å². The lowest BCUT2D eigenvalue weighted by molar-refractivity contribution is 0.247. The van der Waals surface area contributed by atoms with Crippen molar-refractivity contribution in [3.8, 4) is 0 Å². The highest BCUT2D eigenvalue weighted by Gasteiger charge is 2.42. The molecule has 2 saturated heterocycles. The predicted molar refractivity (Wildman–Crippen MR) is 70.7 cm³/mol. The number of rotatable bonds is 5. The molecule has 0 spiro atoms. The Bertz CT molecular complexity index is 391. The van der Waals surface area contributed by atoms with E-state index in [2.05, 4.69) is 15.6 Å². The fraction of sp³-hybridized carbons (Fsp3) is 0.727. The standard InChI is InChI=1S/C10H15N3O2S.CHNO/c14-6-11-4-2-1-3-8-9-7(5-16-8)12-10(15)13-9;2-1-3/h7-9H,1-5H2,(H2,12,13,15);2H/t7-,8-,9-;/m0./s1. The van der Waals surface area contributed by atoms with Crippen LogP contribution in [0.1, 0.15) is 19.3 Å². The third kappa shape index (κ3) is 4.87. The Morgan fingerprint density at radius 2 is 2.11 bits per heavy atom. The minimum atomic E-state index is -0.0362. The van der Waals surface area contributed by atoms with Crippen molar-refractivity contribution in [2.45, 2.75) is 36.6 Å². The summed E-state index contributed by atoms with van der Waals surface area (Å²) in [4.78, 5) is 32.9. The number of thioether (sulfide) groups is 1. The smallest absolute Gasteiger partial charge is 0.315 e. The Labute approximate surface area is 115 Å². The number of isocyanates is 2. The zero-order valence-corrected chi connectivity index (χ0v) is 11.2. The quantitative estimate of drug-likeness (QED) is 0.296. The molecular formula is C11H16N4O3S. The molecule has 0 bridgehead atoms. The van der Waals surface area contributed by atoms with Crippen molar-refractivity contribution in [2.75, 3.05) is 12.3 Å². The molecule has 0 unspecified atom stereocenters. The summed E-state index contributed by atoms with van der Waals surface area (Å²) in [7, 11) is 0. The van der Waals surface area contributed by atoms with Gasteiger partial charge in [-0.05, 0) is 12.8 Å². The van der Waals surface area contributed by atoms with Crippen molar-refractivity contribution >= 4 is 30.0 Å². The van der Waals surface area contributed by atoms with Crippen LogP contribution in [-0.2, 0) is 9.59 Å². The van der Waals surface area contributed by atoms with Crippen molar-refractivity contribution in [1.82, 2.24) is 10.6 Å². The lowest BCUT2D eigenvalue weighted by Gasteiger charge is -2.15. The van der Waals surface area contributed by atoms with E-state index in [-0.39, 0.29) is 12.1 Å². The predicted octanol–water partition coefficient (Wildman–Crippen LogP) is 0.559. The van der Waals surface area contributed by atoms with Crippen LogP contribution in [-0.4, -0.2) is 47.8 Å². The molecule has 2 fully saturated rings. The van der Waals surface area contributed by atoms with Crippen LogP contribution in [0.3, 0.4) is 0 Å². The molecule has 0 radical (unpaired) electrons. The molecule has 0 aromatic rings. The number of amides is 2. The third-order valence-corrected chi connectivity index (χ3v) is 4.52. The van der Waals surface area contributed by atoms with Crippen molar-refractivity contribution in [2.24, 2.45) is 4.99 Å². The number of unbranched alkanes of at least 4 members (excludes halogenated alkanes) is 1. The summed E-state index contributed by atoms with van der Waals surface area (Å²) in [5.41, 5.74) is 0. The lowest BCUT2D eigenvalue weighted by atomic mass is 10.0. The maximum Gasteiger partial charge on any atom is 0.315 e. The summed E-state index contributed by atoms with van der Waals surface area (Å²) >= 11 is 1.92. The number of aliphatic imine (C=N–C) groups is 1. The Balaban J connectivity index is 0.000000550. The van der Waals surface area contributed by atoms with Gasteiger partial charge in [0.1, 0.15) is 0 Å². The number of nitrogens with zero attached hydrogens (tertiary/aromatic N) is 1. The number of fused-ring (bicyclic) bond motifs is 1. The minimum Gasteiger partial charge on any atom is -0.332 e. The maximum absolute atomic E-state index is 11.1. The monoisotopic (exact) mass is 284 g/mol. The molecule has 8 heteroatoms. The van der Waals surface area contributed by atoms with Crippen LogP contribution in [0.4, 0.5) is 4.79 Å². The van der Waals surface area contributed by atoms with E-state index >= 15 is 0 Å². The van der Waals surface area contributed by atoms with Crippen LogP contribution in [0, 0.1) is 5.41 Å². The fourth-order valence-electron chi connectivity index (χ4n) is 2.23. The second-order valence-electron chi connectivity index (χ2n) is 4.19. The Morgan fingerprint density at radius 3 is 2.79 bits per heavy atom. The maximum atomic E-state index is 11.1. The average Bonchev–Trinajstić information content (AvgIpc) is 2.90. The second-order valence-corrected chi connectivity index (χ2v) is 5.46. The topological polar surface area (TPSA) is 111 Å². The number of urea groups is 1. The molecule has 0 aromatic heterocycles. The zero-order valence-electron chi connectivity index (χ0n) is 10.3. The number of hydrogen-bond acceptors (Lipinski definition) is 6.